The predicted octanol–water partition coefficient (Wildman–Crippen LogP) is 2.74. The lowest BCUT2D eigenvalue weighted by atomic mass is 9.74. The second-order valence-corrected chi connectivity index (χ2v) is 6.35. The fourth-order valence-electron chi connectivity index (χ4n) is 3.47. The zero-order chi connectivity index (χ0) is 16.9. The van der Waals surface area contributed by atoms with Gasteiger partial charge in [-0.05, 0) is 37.0 Å². The number of carbonyl (C=O) groups excluding carboxylic acids is 1. The number of hydrogen-bond acceptors (Lipinski definition) is 4. The molecule has 0 spiro atoms. The summed E-state index contributed by atoms with van der Waals surface area (Å²) in [6, 6.07) is 4.99. The number of aromatic hydroxyl groups is 1. The van der Waals surface area contributed by atoms with Crippen LogP contribution in [-0.4, -0.2) is 28.8 Å². The summed E-state index contributed by atoms with van der Waals surface area (Å²) in [7, 11) is 1.49. The molecule has 1 aromatic carbocycles. The van der Waals surface area contributed by atoms with Gasteiger partial charge in [-0.3, -0.25) is 4.79 Å². The first-order chi connectivity index (χ1) is 11.0. The summed E-state index contributed by atoms with van der Waals surface area (Å²) < 4.78 is 5.07. The summed E-state index contributed by atoms with van der Waals surface area (Å²) in [5, 5.41) is 23.3. The minimum absolute atomic E-state index is 0.0746. The Balaban J connectivity index is 1.99. The SMILES string of the molecule is CCC(C(=O)NCc1ccc(O)c(OC)c1)C1(O)CCCCC1. The van der Waals surface area contributed by atoms with E-state index in [1.807, 2.05) is 6.92 Å². The number of amides is 1. The molecule has 128 valence electrons. The molecule has 0 aromatic heterocycles. The molecule has 5 heteroatoms. The number of hydrogen-bond donors (Lipinski definition) is 3. The molecule has 2 rings (SSSR count). The third-order valence-electron chi connectivity index (χ3n) is 4.80. The lowest BCUT2D eigenvalue weighted by Crippen LogP contribution is -2.47. The number of benzene rings is 1. The largest absolute Gasteiger partial charge is 0.504 e. The molecule has 1 amide bonds. The van der Waals surface area contributed by atoms with Crippen LogP contribution >= 0.6 is 0 Å². The van der Waals surface area contributed by atoms with Crippen molar-refractivity contribution in [2.75, 3.05) is 7.11 Å². The van der Waals surface area contributed by atoms with Gasteiger partial charge in [0, 0.05) is 6.54 Å². The van der Waals surface area contributed by atoms with E-state index < -0.39 is 5.60 Å². The van der Waals surface area contributed by atoms with Crippen LogP contribution < -0.4 is 10.1 Å². The molecule has 0 aliphatic heterocycles. The number of ether oxygens (including phenoxy) is 1. The summed E-state index contributed by atoms with van der Waals surface area (Å²) in [5.41, 5.74) is -0.0255. The first kappa shape index (κ1) is 17.6. The Kier molecular flexibility index (Phi) is 5.88. The summed E-state index contributed by atoms with van der Waals surface area (Å²) in [4.78, 5) is 12.5. The van der Waals surface area contributed by atoms with Crippen LogP contribution in [0.25, 0.3) is 0 Å². The van der Waals surface area contributed by atoms with E-state index in [9.17, 15) is 15.0 Å². The third-order valence-corrected chi connectivity index (χ3v) is 4.80. The van der Waals surface area contributed by atoms with Crippen LogP contribution in [0.5, 0.6) is 11.5 Å². The molecular weight excluding hydrogens is 294 g/mol. The van der Waals surface area contributed by atoms with Gasteiger partial charge in [0.2, 0.25) is 5.91 Å². The van der Waals surface area contributed by atoms with Crippen LogP contribution in [0.1, 0.15) is 51.0 Å². The Morgan fingerprint density at radius 2 is 2.04 bits per heavy atom. The van der Waals surface area contributed by atoms with E-state index in [1.54, 1.807) is 18.2 Å². The van der Waals surface area contributed by atoms with Gasteiger partial charge >= 0.3 is 0 Å². The first-order valence-electron chi connectivity index (χ1n) is 8.36. The standard InChI is InChI=1S/C18H27NO4/c1-3-14(18(22)9-5-4-6-10-18)17(21)19-12-13-7-8-15(20)16(11-13)23-2/h7-8,11,14,20,22H,3-6,9-10,12H2,1-2H3,(H,19,21). The highest BCUT2D eigenvalue weighted by atomic mass is 16.5. The Morgan fingerprint density at radius 1 is 1.35 bits per heavy atom. The maximum atomic E-state index is 12.5. The van der Waals surface area contributed by atoms with Crippen molar-refractivity contribution in [3.05, 3.63) is 23.8 Å². The number of phenols is 1. The Morgan fingerprint density at radius 3 is 2.65 bits per heavy atom. The van der Waals surface area contributed by atoms with Gasteiger partial charge in [-0.1, -0.05) is 32.3 Å². The van der Waals surface area contributed by atoms with Crippen LogP contribution in [0.3, 0.4) is 0 Å². The summed E-state index contributed by atoms with van der Waals surface area (Å²) >= 11 is 0. The summed E-state index contributed by atoms with van der Waals surface area (Å²) in [6.07, 6.45) is 5.12. The van der Waals surface area contributed by atoms with Crippen LogP contribution in [0.15, 0.2) is 18.2 Å². The van der Waals surface area contributed by atoms with Crippen LogP contribution in [-0.2, 0) is 11.3 Å². The average molecular weight is 321 g/mol. The van der Waals surface area contributed by atoms with Crippen molar-refractivity contribution < 1.29 is 19.7 Å². The van der Waals surface area contributed by atoms with Gasteiger partial charge in [0.15, 0.2) is 11.5 Å². The quantitative estimate of drug-likeness (QED) is 0.753. The number of methoxy groups -OCH3 is 1. The highest BCUT2D eigenvalue weighted by Gasteiger charge is 2.40. The molecule has 1 unspecified atom stereocenters. The van der Waals surface area contributed by atoms with Crippen LogP contribution in [0, 0.1) is 5.92 Å². The Labute approximate surface area is 137 Å². The Bertz CT molecular complexity index is 538. The van der Waals surface area contributed by atoms with Crippen molar-refractivity contribution in [2.24, 2.45) is 5.92 Å². The second kappa shape index (κ2) is 7.68. The van der Waals surface area contributed by atoms with E-state index in [-0.39, 0.29) is 17.6 Å². The number of aliphatic hydroxyl groups is 1. The maximum absolute atomic E-state index is 12.5. The molecule has 23 heavy (non-hydrogen) atoms. The minimum Gasteiger partial charge on any atom is -0.504 e. The molecule has 3 N–H and O–H groups in total. The van der Waals surface area contributed by atoms with Crippen molar-refractivity contribution in [3.63, 3.8) is 0 Å². The van der Waals surface area contributed by atoms with E-state index in [4.69, 9.17) is 4.74 Å². The Hall–Kier alpha value is -1.75. The van der Waals surface area contributed by atoms with E-state index >= 15 is 0 Å². The van der Waals surface area contributed by atoms with Gasteiger partial charge in [0.1, 0.15) is 0 Å². The van der Waals surface area contributed by atoms with Gasteiger partial charge in [-0.2, -0.15) is 0 Å². The zero-order valence-corrected chi connectivity index (χ0v) is 14.0. The fraction of sp³-hybridized carbons (Fsp3) is 0.611. The predicted molar refractivity (Wildman–Crippen MR) is 88.3 cm³/mol. The van der Waals surface area contributed by atoms with Crippen molar-refractivity contribution in [1.82, 2.24) is 5.32 Å². The van der Waals surface area contributed by atoms with Gasteiger partial charge in [-0.15, -0.1) is 0 Å². The van der Waals surface area contributed by atoms with E-state index in [1.165, 1.54) is 7.11 Å². The van der Waals surface area contributed by atoms with Gasteiger partial charge < -0.3 is 20.3 Å². The minimum atomic E-state index is -0.871. The molecule has 1 aliphatic rings. The molecule has 0 saturated heterocycles. The van der Waals surface area contributed by atoms with Gasteiger partial charge in [-0.25, -0.2) is 0 Å². The molecule has 1 saturated carbocycles. The number of phenolic OH excluding ortho intramolecular Hbond substituents is 1. The number of rotatable bonds is 6. The molecular formula is C18H27NO4. The molecule has 5 nitrogen and oxygen atoms in total. The number of nitrogens with one attached hydrogen (secondary N) is 1. The molecule has 1 atom stereocenters. The van der Waals surface area contributed by atoms with E-state index in [2.05, 4.69) is 5.32 Å². The van der Waals surface area contributed by atoms with Gasteiger partial charge in [0.25, 0.3) is 0 Å². The third kappa shape index (κ3) is 4.16. The molecule has 1 aromatic rings. The zero-order valence-electron chi connectivity index (χ0n) is 14.0. The van der Waals surface area contributed by atoms with Crippen molar-refractivity contribution >= 4 is 5.91 Å². The molecule has 1 aliphatic carbocycles. The van der Waals surface area contributed by atoms with Crippen LogP contribution in [0.4, 0.5) is 0 Å². The van der Waals surface area contributed by atoms with Crippen molar-refractivity contribution in [3.8, 4) is 11.5 Å². The second-order valence-electron chi connectivity index (χ2n) is 6.35. The molecule has 0 radical (unpaired) electrons. The monoisotopic (exact) mass is 321 g/mol. The van der Waals surface area contributed by atoms with Crippen LogP contribution in [0.2, 0.25) is 0 Å². The van der Waals surface area contributed by atoms with E-state index in [0.717, 1.165) is 24.8 Å². The van der Waals surface area contributed by atoms with E-state index in [0.29, 0.717) is 31.6 Å². The topological polar surface area (TPSA) is 78.8 Å². The molecule has 0 heterocycles. The lowest BCUT2D eigenvalue weighted by Gasteiger charge is -2.38. The summed E-state index contributed by atoms with van der Waals surface area (Å²) in [5.74, 6) is -0.0222. The lowest BCUT2D eigenvalue weighted by molar-refractivity contribution is -0.138. The summed E-state index contributed by atoms with van der Waals surface area (Å²) in [6.45, 7) is 2.29. The number of carbonyl (C=O) groups is 1. The molecule has 0 bridgehead atoms. The normalized spacial score (nSPS) is 18.2. The first-order valence-corrected chi connectivity index (χ1v) is 8.36. The highest BCUT2D eigenvalue weighted by Crippen LogP contribution is 2.36. The average Bonchev–Trinajstić information content (AvgIpc) is 2.55. The molecule has 1 fully saturated rings. The highest BCUT2D eigenvalue weighted by molar-refractivity contribution is 5.79. The maximum Gasteiger partial charge on any atom is 0.226 e. The van der Waals surface area contributed by atoms with Crippen molar-refractivity contribution in [2.45, 2.75) is 57.6 Å². The smallest absolute Gasteiger partial charge is 0.226 e. The van der Waals surface area contributed by atoms with Crippen molar-refractivity contribution in [1.29, 1.82) is 0 Å². The fourth-order valence-corrected chi connectivity index (χ4v) is 3.47. The van der Waals surface area contributed by atoms with Gasteiger partial charge in [0.05, 0.1) is 18.6 Å².